The van der Waals surface area contributed by atoms with Gasteiger partial charge in [-0.15, -0.1) is 0 Å². The van der Waals surface area contributed by atoms with Crippen LogP contribution in [0.3, 0.4) is 0 Å². The number of carbonyl (C=O) groups excluding carboxylic acids is 1. The van der Waals surface area contributed by atoms with E-state index in [1.807, 2.05) is 0 Å². The van der Waals surface area contributed by atoms with Crippen LogP contribution in [0.5, 0.6) is 0 Å². The highest BCUT2D eigenvalue weighted by molar-refractivity contribution is 6.33. The Kier molecular flexibility index (Phi) is 4.75. The van der Waals surface area contributed by atoms with Crippen LogP contribution in [-0.2, 0) is 11.3 Å². The quantitative estimate of drug-likeness (QED) is 0.867. The molecule has 0 aliphatic rings. The average molecular weight is 312 g/mol. The van der Waals surface area contributed by atoms with E-state index in [0.29, 0.717) is 11.3 Å². The van der Waals surface area contributed by atoms with Gasteiger partial charge >= 0.3 is 5.97 Å². The normalized spacial score (nSPS) is 10.3. The van der Waals surface area contributed by atoms with Gasteiger partial charge in [-0.25, -0.2) is 13.6 Å². The average Bonchev–Trinajstić information content (AvgIpc) is 2.46. The maximum Gasteiger partial charge on any atom is 0.337 e. The van der Waals surface area contributed by atoms with Crippen molar-refractivity contribution in [2.24, 2.45) is 0 Å². The number of nitrogens with one attached hydrogen (secondary N) is 1. The van der Waals surface area contributed by atoms with E-state index in [9.17, 15) is 13.6 Å². The molecule has 0 saturated carbocycles. The monoisotopic (exact) mass is 311 g/mol. The van der Waals surface area contributed by atoms with Gasteiger partial charge < -0.3 is 10.1 Å². The number of benzene rings is 2. The number of ether oxygens (including phenoxy) is 1. The van der Waals surface area contributed by atoms with Crippen molar-refractivity contribution in [2.75, 3.05) is 12.4 Å². The van der Waals surface area contributed by atoms with Crippen molar-refractivity contribution < 1.29 is 18.3 Å². The zero-order valence-corrected chi connectivity index (χ0v) is 11.9. The van der Waals surface area contributed by atoms with Crippen molar-refractivity contribution in [3.8, 4) is 0 Å². The number of hydrogen-bond acceptors (Lipinski definition) is 3. The van der Waals surface area contributed by atoms with Gasteiger partial charge in [-0.05, 0) is 30.3 Å². The maximum absolute atomic E-state index is 13.9. The summed E-state index contributed by atoms with van der Waals surface area (Å²) >= 11 is 5.86. The summed E-state index contributed by atoms with van der Waals surface area (Å²) in [5.41, 5.74) is 0.983. The Hall–Kier alpha value is -2.14. The third kappa shape index (κ3) is 3.70. The Morgan fingerprint density at radius 1 is 1.24 bits per heavy atom. The molecule has 2 rings (SSSR count). The molecule has 3 nitrogen and oxygen atoms in total. The molecule has 0 unspecified atom stereocenters. The fraction of sp³-hybridized carbons (Fsp3) is 0.133. The summed E-state index contributed by atoms with van der Waals surface area (Å²) < 4.78 is 31.3. The fourth-order valence-electron chi connectivity index (χ4n) is 1.76. The lowest BCUT2D eigenvalue weighted by Crippen LogP contribution is -2.06. The molecule has 110 valence electrons. The number of anilines is 1. The summed E-state index contributed by atoms with van der Waals surface area (Å²) in [6, 6.07) is 7.95. The van der Waals surface area contributed by atoms with E-state index in [1.165, 1.54) is 37.4 Å². The standard InChI is InChI=1S/C15H12ClF2NO2/c1-21-15(20)9-2-3-10(13(18)6-9)8-19-14-5-4-11(17)7-12(14)16/h2-7,19H,8H2,1H3. The van der Waals surface area contributed by atoms with E-state index in [-0.39, 0.29) is 17.1 Å². The molecule has 0 radical (unpaired) electrons. The number of esters is 1. The predicted molar refractivity (Wildman–Crippen MR) is 76.5 cm³/mol. The molecule has 2 aromatic carbocycles. The molecule has 0 aliphatic carbocycles. The molecule has 0 bridgehead atoms. The predicted octanol–water partition coefficient (Wildman–Crippen LogP) is 4.02. The van der Waals surface area contributed by atoms with Crippen molar-refractivity contribution in [1.82, 2.24) is 0 Å². The molecule has 0 atom stereocenters. The smallest absolute Gasteiger partial charge is 0.337 e. The number of halogens is 3. The molecule has 0 spiro atoms. The third-order valence-corrected chi connectivity index (χ3v) is 3.19. The highest BCUT2D eigenvalue weighted by atomic mass is 35.5. The van der Waals surface area contributed by atoms with E-state index in [0.717, 1.165) is 6.07 Å². The second-order valence-corrected chi connectivity index (χ2v) is 4.68. The largest absolute Gasteiger partial charge is 0.465 e. The van der Waals surface area contributed by atoms with Crippen LogP contribution >= 0.6 is 11.6 Å². The van der Waals surface area contributed by atoms with Crippen molar-refractivity contribution in [2.45, 2.75) is 6.54 Å². The van der Waals surface area contributed by atoms with Crippen LogP contribution in [0.4, 0.5) is 14.5 Å². The first kappa shape index (κ1) is 15.3. The summed E-state index contributed by atoms with van der Waals surface area (Å²) in [6.07, 6.45) is 0. The molecule has 0 saturated heterocycles. The van der Waals surface area contributed by atoms with Gasteiger partial charge in [0.25, 0.3) is 0 Å². The number of rotatable bonds is 4. The topological polar surface area (TPSA) is 38.3 Å². The van der Waals surface area contributed by atoms with Crippen LogP contribution in [0, 0.1) is 11.6 Å². The Bertz CT molecular complexity index is 677. The molecule has 6 heteroatoms. The SMILES string of the molecule is COC(=O)c1ccc(CNc2ccc(F)cc2Cl)c(F)c1. The molecular formula is C15H12ClF2NO2. The molecular weight excluding hydrogens is 300 g/mol. The minimum atomic E-state index is -0.602. The Morgan fingerprint density at radius 3 is 2.62 bits per heavy atom. The number of hydrogen-bond donors (Lipinski definition) is 1. The molecule has 0 heterocycles. The van der Waals surface area contributed by atoms with Gasteiger partial charge in [0.05, 0.1) is 23.4 Å². The van der Waals surface area contributed by atoms with Gasteiger partial charge in [-0.2, -0.15) is 0 Å². The summed E-state index contributed by atoms with van der Waals surface area (Å²) in [7, 11) is 1.23. The van der Waals surface area contributed by atoms with Gasteiger partial charge in [0.1, 0.15) is 11.6 Å². The van der Waals surface area contributed by atoms with Crippen molar-refractivity contribution in [3.63, 3.8) is 0 Å². The van der Waals surface area contributed by atoms with Crippen molar-refractivity contribution in [3.05, 3.63) is 64.2 Å². The lowest BCUT2D eigenvalue weighted by molar-refractivity contribution is 0.0600. The summed E-state index contributed by atoms with van der Waals surface area (Å²) in [5, 5.41) is 3.11. The van der Waals surface area contributed by atoms with Crippen LogP contribution in [-0.4, -0.2) is 13.1 Å². The Balaban J connectivity index is 2.11. The van der Waals surface area contributed by atoms with Crippen LogP contribution in [0.1, 0.15) is 15.9 Å². The van der Waals surface area contributed by atoms with Crippen LogP contribution in [0.2, 0.25) is 5.02 Å². The molecule has 0 aliphatic heterocycles. The molecule has 2 aromatic rings. The Morgan fingerprint density at radius 2 is 2.00 bits per heavy atom. The second kappa shape index (κ2) is 6.54. The second-order valence-electron chi connectivity index (χ2n) is 4.28. The van der Waals surface area contributed by atoms with Gasteiger partial charge in [-0.1, -0.05) is 17.7 Å². The van der Waals surface area contributed by atoms with E-state index in [2.05, 4.69) is 10.1 Å². The summed E-state index contributed by atoms with van der Waals surface area (Å²) in [5.74, 6) is -1.59. The first-order valence-electron chi connectivity index (χ1n) is 6.07. The van der Waals surface area contributed by atoms with Crippen LogP contribution in [0.15, 0.2) is 36.4 Å². The minimum absolute atomic E-state index is 0.138. The minimum Gasteiger partial charge on any atom is -0.465 e. The lowest BCUT2D eigenvalue weighted by Gasteiger charge is -2.10. The number of carbonyl (C=O) groups is 1. The third-order valence-electron chi connectivity index (χ3n) is 2.87. The molecule has 0 fully saturated rings. The molecule has 21 heavy (non-hydrogen) atoms. The molecule has 0 amide bonds. The molecule has 0 aromatic heterocycles. The first-order valence-corrected chi connectivity index (χ1v) is 6.44. The van der Waals surface area contributed by atoms with Gasteiger partial charge in [0.2, 0.25) is 0 Å². The van der Waals surface area contributed by atoms with Crippen molar-refractivity contribution in [1.29, 1.82) is 0 Å². The van der Waals surface area contributed by atoms with Crippen molar-refractivity contribution >= 4 is 23.3 Å². The van der Waals surface area contributed by atoms with E-state index in [1.54, 1.807) is 0 Å². The maximum atomic E-state index is 13.9. The first-order chi connectivity index (χ1) is 10.0. The Labute approximate surface area is 125 Å². The summed E-state index contributed by atoms with van der Waals surface area (Å²) in [4.78, 5) is 11.3. The highest BCUT2D eigenvalue weighted by Gasteiger charge is 2.10. The van der Waals surface area contributed by atoms with E-state index in [4.69, 9.17) is 11.6 Å². The lowest BCUT2D eigenvalue weighted by atomic mass is 10.1. The zero-order valence-electron chi connectivity index (χ0n) is 11.1. The van der Waals surface area contributed by atoms with E-state index < -0.39 is 17.6 Å². The van der Waals surface area contributed by atoms with Crippen LogP contribution in [0.25, 0.3) is 0 Å². The van der Waals surface area contributed by atoms with Gasteiger partial charge in [0, 0.05) is 12.1 Å². The molecule has 1 N–H and O–H groups in total. The zero-order chi connectivity index (χ0) is 15.4. The van der Waals surface area contributed by atoms with Crippen LogP contribution < -0.4 is 5.32 Å². The number of methoxy groups -OCH3 is 1. The van der Waals surface area contributed by atoms with E-state index >= 15 is 0 Å². The van der Waals surface area contributed by atoms with Gasteiger partial charge in [0.15, 0.2) is 0 Å². The fourth-order valence-corrected chi connectivity index (χ4v) is 1.99. The van der Waals surface area contributed by atoms with Gasteiger partial charge in [-0.3, -0.25) is 0 Å². The highest BCUT2D eigenvalue weighted by Crippen LogP contribution is 2.23. The summed E-state index contributed by atoms with van der Waals surface area (Å²) in [6.45, 7) is 0.151.